The van der Waals surface area contributed by atoms with Crippen molar-refractivity contribution in [3.8, 4) is 5.75 Å². The Hall–Kier alpha value is -6.35. The number of benzene rings is 4. The van der Waals surface area contributed by atoms with Crippen LogP contribution >= 0.6 is 11.8 Å². The van der Waals surface area contributed by atoms with Crippen molar-refractivity contribution >= 4 is 47.5 Å². The number of hydrogen-bond acceptors (Lipinski definition) is 10. The van der Waals surface area contributed by atoms with E-state index < -0.39 is 66.9 Å². The first-order chi connectivity index (χ1) is 27.6. The monoisotopic (exact) mass is 797 g/mol. The summed E-state index contributed by atoms with van der Waals surface area (Å²) in [6.07, 6.45) is 1.44. The summed E-state index contributed by atoms with van der Waals surface area (Å²) in [5.41, 5.74) is 2.90. The number of hydrogen-bond donors (Lipinski definition) is 6. The van der Waals surface area contributed by atoms with Gasteiger partial charge in [-0.1, -0.05) is 103 Å². The summed E-state index contributed by atoms with van der Waals surface area (Å²) < 4.78 is 10.8. The summed E-state index contributed by atoms with van der Waals surface area (Å²) in [4.78, 5) is 78.4. The molecule has 4 aromatic rings. The van der Waals surface area contributed by atoms with Crippen molar-refractivity contribution in [2.24, 2.45) is 0 Å². The highest BCUT2D eigenvalue weighted by Gasteiger charge is 2.28. The first-order valence-electron chi connectivity index (χ1n) is 18.2. The number of rotatable bonds is 21. The molecule has 14 nitrogen and oxygen atoms in total. The maximum Gasteiger partial charge on any atom is 0.408 e. The normalized spacial score (nSPS) is 12.2. The Morgan fingerprint density at radius 2 is 1.07 bits per heavy atom. The Bertz CT molecular complexity index is 1900. The zero-order chi connectivity index (χ0) is 40.8. The van der Waals surface area contributed by atoms with Gasteiger partial charge in [0.15, 0.2) is 0 Å². The second-order valence-electron chi connectivity index (χ2n) is 12.9. The molecular weight excluding hydrogens is 751 g/mol. The maximum absolute atomic E-state index is 13.6. The summed E-state index contributed by atoms with van der Waals surface area (Å²) in [6, 6.07) is 29.9. The number of carbonyl (C=O) groups excluding carboxylic acids is 6. The molecule has 4 rings (SSSR count). The topological polar surface area (TPSA) is 201 Å². The van der Waals surface area contributed by atoms with E-state index in [1.54, 1.807) is 60.7 Å². The highest BCUT2D eigenvalue weighted by Crippen LogP contribution is 2.13. The molecule has 0 aliphatic heterocycles. The van der Waals surface area contributed by atoms with Crippen molar-refractivity contribution in [1.29, 1.82) is 0 Å². The molecule has 3 atom stereocenters. The molecule has 0 saturated heterocycles. The number of phenolic OH excluding ortho intramolecular Hbond substituents is 1. The Morgan fingerprint density at radius 1 is 0.561 bits per heavy atom. The molecule has 0 radical (unpaired) electrons. The van der Waals surface area contributed by atoms with Crippen LogP contribution in [-0.4, -0.2) is 84.0 Å². The van der Waals surface area contributed by atoms with Crippen molar-refractivity contribution in [2.75, 3.05) is 25.1 Å². The van der Waals surface area contributed by atoms with Gasteiger partial charge in [0, 0.05) is 12.8 Å². The summed E-state index contributed by atoms with van der Waals surface area (Å²) in [7, 11) is 0. The molecule has 0 saturated carbocycles. The molecule has 4 aromatic carbocycles. The highest BCUT2D eigenvalue weighted by atomic mass is 32.2. The van der Waals surface area contributed by atoms with Gasteiger partial charge in [-0.3, -0.25) is 19.2 Å². The van der Waals surface area contributed by atoms with E-state index in [2.05, 4.69) is 26.6 Å². The number of phenols is 1. The molecule has 0 spiro atoms. The van der Waals surface area contributed by atoms with E-state index in [1.165, 1.54) is 23.9 Å². The predicted octanol–water partition coefficient (Wildman–Crippen LogP) is 3.17. The SMILES string of the molecule is CSCCC(NC(=O)C(Cc1ccccc1)NC(=O)CNC(=O)CNC(=O)C(Cc1ccc(O)cc1)NC(=O)OCc1ccccc1)C(=O)OCc1ccccc1. The van der Waals surface area contributed by atoms with E-state index in [0.717, 1.165) is 16.7 Å². The second kappa shape index (κ2) is 23.5. The molecule has 0 aliphatic carbocycles. The number of carbonyl (C=O) groups is 6. The number of thioether (sulfide) groups is 1. The molecule has 5 amide bonds. The molecule has 6 N–H and O–H groups in total. The molecule has 300 valence electrons. The van der Waals surface area contributed by atoms with E-state index in [0.29, 0.717) is 17.7 Å². The smallest absolute Gasteiger partial charge is 0.408 e. The van der Waals surface area contributed by atoms with Crippen LogP contribution in [0.3, 0.4) is 0 Å². The third-order valence-electron chi connectivity index (χ3n) is 8.44. The summed E-state index contributed by atoms with van der Waals surface area (Å²) in [6.45, 7) is -1.05. The zero-order valence-electron chi connectivity index (χ0n) is 31.5. The largest absolute Gasteiger partial charge is 0.508 e. The molecule has 0 fully saturated rings. The van der Waals surface area contributed by atoms with Crippen LogP contribution in [0.25, 0.3) is 0 Å². The minimum absolute atomic E-state index is 0.0182. The first kappa shape index (κ1) is 43.4. The average Bonchev–Trinajstić information content (AvgIpc) is 3.23. The molecule has 0 aliphatic rings. The maximum atomic E-state index is 13.6. The number of aromatic hydroxyl groups is 1. The lowest BCUT2D eigenvalue weighted by Crippen LogP contribution is -2.54. The van der Waals surface area contributed by atoms with E-state index in [4.69, 9.17) is 9.47 Å². The van der Waals surface area contributed by atoms with Crippen LogP contribution in [0.5, 0.6) is 5.75 Å². The van der Waals surface area contributed by atoms with Crippen molar-refractivity contribution in [3.63, 3.8) is 0 Å². The van der Waals surface area contributed by atoms with Gasteiger partial charge < -0.3 is 41.2 Å². The Labute approximate surface area is 335 Å². The van der Waals surface area contributed by atoms with Crippen LogP contribution in [0.2, 0.25) is 0 Å². The quantitative estimate of drug-likeness (QED) is 0.0681. The Morgan fingerprint density at radius 3 is 1.65 bits per heavy atom. The van der Waals surface area contributed by atoms with Gasteiger partial charge in [0.05, 0.1) is 13.1 Å². The van der Waals surface area contributed by atoms with Crippen molar-refractivity contribution in [3.05, 3.63) is 138 Å². The van der Waals surface area contributed by atoms with Gasteiger partial charge in [0.1, 0.15) is 37.1 Å². The van der Waals surface area contributed by atoms with Gasteiger partial charge in [-0.2, -0.15) is 11.8 Å². The first-order valence-corrected chi connectivity index (χ1v) is 19.6. The number of esters is 1. The van der Waals surface area contributed by atoms with Gasteiger partial charge in [0.2, 0.25) is 23.6 Å². The van der Waals surface area contributed by atoms with Gasteiger partial charge >= 0.3 is 12.1 Å². The fraction of sp³-hybridized carbons (Fsp3) is 0.286. The standard InChI is InChI=1S/C42H47N5O9S/c1-57-22-21-34(41(53)55-27-31-13-7-3-8-14-31)46-40(52)36(23-29-11-5-2-6-12-29)45-38(50)26-43-37(49)25-44-39(51)35(24-30-17-19-33(48)20-18-30)47-42(54)56-28-32-15-9-4-10-16-32/h2-20,34-36,48H,21-28H2,1H3,(H,43,49)(H,44,51)(H,45,50)(H,46,52)(H,47,54). The average molecular weight is 798 g/mol. The summed E-state index contributed by atoms with van der Waals surface area (Å²) in [5.74, 6) is -2.72. The molecule has 0 heterocycles. The second-order valence-corrected chi connectivity index (χ2v) is 13.9. The number of nitrogens with one attached hydrogen (secondary N) is 5. The van der Waals surface area contributed by atoms with Crippen LogP contribution in [0.1, 0.15) is 28.7 Å². The van der Waals surface area contributed by atoms with Crippen molar-refractivity contribution in [2.45, 2.75) is 50.6 Å². The van der Waals surface area contributed by atoms with Crippen LogP contribution in [0.4, 0.5) is 4.79 Å². The summed E-state index contributed by atoms with van der Waals surface area (Å²) in [5, 5.41) is 22.5. The number of amides is 5. The van der Waals surface area contributed by atoms with Gasteiger partial charge in [-0.25, -0.2) is 9.59 Å². The summed E-state index contributed by atoms with van der Waals surface area (Å²) >= 11 is 1.50. The van der Waals surface area contributed by atoms with Crippen LogP contribution in [0.15, 0.2) is 115 Å². The van der Waals surface area contributed by atoms with Gasteiger partial charge in [-0.05, 0) is 52.8 Å². The van der Waals surface area contributed by atoms with E-state index in [1.807, 2.05) is 48.7 Å². The molecule has 0 bridgehead atoms. The van der Waals surface area contributed by atoms with Crippen LogP contribution in [0, 0.1) is 0 Å². The van der Waals surface area contributed by atoms with E-state index >= 15 is 0 Å². The molecule has 57 heavy (non-hydrogen) atoms. The molecule has 15 heteroatoms. The minimum atomic E-state index is -1.15. The third-order valence-corrected chi connectivity index (χ3v) is 9.08. The lowest BCUT2D eigenvalue weighted by molar-refractivity contribution is -0.149. The third kappa shape index (κ3) is 16.1. The number of ether oxygens (including phenoxy) is 2. The van der Waals surface area contributed by atoms with Crippen molar-refractivity contribution in [1.82, 2.24) is 26.6 Å². The molecule has 3 unspecified atom stereocenters. The van der Waals surface area contributed by atoms with Gasteiger partial charge in [0.25, 0.3) is 0 Å². The molecular formula is C42H47N5O9S. The van der Waals surface area contributed by atoms with E-state index in [9.17, 15) is 33.9 Å². The fourth-order valence-corrected chi connectivity index (χ4v) is 5.88. The van der Waals surface area contributed by atoms with Crippen molar-refractivity contribution < 1.29 is 43.3 Å². The predicted molar refractivity (Wildman–Crippen MR) is 215 cm³/mol. The van der Waals surface area contributed by atoms with Crippen LogP contribution in [-0.2, 0) is 59.5 Å². The Kier molecular flexibility index (Phi) is 17.9. The fourth-order valence-electron chi connectivity index (χ4n) is 5.41. The van der Waals surface area contributed by atoms with Crippen LogP contribution < -0.4 is 26.6 Å². The minimum Gasteiger partial charge on any atom is -0.508 e. The lowest BCUT2D eigenvalue weighted by atomic mass is 10.0. The zero-order valence-corrected chi connectivity index (χ0v) is 32.3. The highest BCUT2D eigenvalue weighted by molar-refractivity contribution is 7.98. The Balaban J connectivity index is 1.32. The number of alkyl carbamates (subject to hydrolysis) is 1. The van der Waals surface area contributed by atoms with Gasteiger partial charge in [-0.15, -0.1) is 0 Å². The molecule has 0 aromatic heterocycles. The van der Waals surface area contributed by atoms with E-state index in [-0.39, 0.29) is 31.8 Å². The lowest BCUT2D eigenvalue weighted by Gasteiger charge is -2.23.